The van der Waals surface area contributed by atoms with Crippen LogP contribution in [-0.4, -0.2) is 11.1 Å². The lowest BCUT2D eigenvalue weighted by Crippen LogP contribution is -2.18. The van der Waals surface area contributed by atoms with E-state index in [4.69, 9.17) is 20.1 Å². The molecule has 0 rings (SSSR count). The molecular weight excluding hydrogens is 132 g/mol. The lowest BCUT2D eigenvalue weighted by Gasteiger charge is -1.74. The standard InChI is InChI=1S/CH4N2O.NO3.H3N/c2*2-1(3)4;/h(H4,2,3,4);;1H3/q;-1;/p+1. The number of hydrogen-bond donors (Lipinski definition) is 3. The minimum atomic E-state index is -1.75. The second-order valence-corrected chi connectivity index (χ2v) is 0.626. The lowest BCUT2D eigenvalue weighted by molar-refractivity contribution is -0.402. The van der Waals surface area contributed by atoms with Gasteiger partial charge in [0.05, 0.1) is 5.09 Å². The molecule has 9 heavy (non-hydrogen) atoms. The molecule has 0 aromatic heterocycles. The molecule has 56 valence electrons. The lowest BCUT2D eigenvalue weighted by atomic mass is 11.2. The van der Waals surface area contributed by atoms with Crippen molar-refractivity contribution >= 4 is 6.03 Å². The molecule has 0 saturated carbocycles. The molecule has 8 heteroatoms. The third-order valence-corrected chi connectivity index (χ3v) is 0. The fourth-order valence-corrected chi connectivity index (χ4v) is 0. The summed E-state index contributed by atoms with van der Waals surface area (Å²) in [6.45, 7) is 0. The summed E-state index contributed by atoms with van der Waals surface area (Å²) in [7, 11) is 0. The second-order valence-electron chi connectivity index (χ2n) is 0.626. The van der Waals surface area contributed by atoms with Crippen LogP contribution in [0.1, 0.15) is 0 Å². The van der Waals surface area contributed by atoms with Crippen LogP contribution in [0.4, 0.5) is 4.79 Å². The zero-order valence-corrected chi connectivity index (χ0v) is 4.73. The predicted molar refractivity (Wildman–Crippen MR) is 30.1 cm³/mol. The maximum Gasteiger partial charge on any atom is 0.309 e. The van der Waals surface area contributed by atoms with Gasteiger partial charge in [-0.3, -0.25) is 0 Å². The number of carbonyl (C=O) groups is 1. The normalized spacial score (nSPS) is 5.33. The topological polar surface area (TPSA) is 172 Å². The highest BCUT2D eigenvalue weighted by Gasteiger charge is 1.60. The van der Waals surface area contributed by atoms with E-state index < -0.39 is 11.1 Å². The molecular formula is CH8N4O4. The van der Waals surface area contributed by atoms with E-state index in [0.717, 1.165) is 0 Å². The number of quaternary nitrogens is 1. The van der Waals surface area contributed by atoms with E-state index in [1.165, 1.54) is 0 Å². The van der Waals surface area contributed by atoms with Crippen LogP contribution in [0, 0.1) is 15.3 Å². The number of nitrogens with two attached hydrogens (primary N) is 2. The van der Waals surface area contributed by atoms with Crippen molar-refractivity contribution in [2.75, 3.05) is 0 Å². The van der Waals surface area contributed by atoms with Crippen LogP contribution in [0.2, 0.25) is 0 Å². The molecule has 0 atom stereocenters. The quantitative estimate of drug-likeness (QED) is 0.294. The average molecular weight is 140 g/mol. The van der Waals surface area contributed by atoms with Crippen molar-refractivity contribution in [3.8, 4) is 0 Å². The highest BCUT2D eigenvalue weighted by atomic mass is 16.9. The van der Waals surface area contributed by atoms with Crippen molar-refractivity contribution < 1.29 is 9.88 Å². The second kappa shape index (κ2) is 9.66. The highest BCUT2D eigenvalue weighted by molar-refractivity contribution is 5.69. The summed E-state index contributed by atoms with van der Waals surface area (Å²) in [5.41, 5.74) is 8.50. The number of primary amides is 2. The van der Waals surface area contributed by atoms with Gasteiger partial charge < -0.3 is 32.9 Å². The summed E-state index contributed by atoms with van der Waals surface area (Å²) in [6.07, 6.45) is 0. The summed E-state index contributed by atoms with van der Waals surface area (Å²) in [5.74, 6) is 0. The molecule has 0 aromatic rings. The van der Waals surface area contributed by atoms with Gasteiger partial charge >= 0.3 is 6.03 Å². The number of hydrogen-bond acceptors (Lipinski definition) is 4. The van der Waals surface area contributed by atoms with Gasteiger partial charge in [-0.05, 0) is 0 Å². The Morgan fingerprint density at radius 2 is 1.33 bits per heavy atom. The first-order valence-corrected chi connectivity index (χ1v) is 1.33. The van der Waals surface area contributed by atoms with E-state index in [9.17, 15) is 0 Å². The zero-order chi connectivity index (χ0) is 7.15. The summed E-state index contributed by atoms with van der Waals surface area (Å²) in [6, 6.07) is -0.833. The van der Waals surface area contributed by atoms with Crippen LogP contribution >= 0.6 is 0 Å². The fourth-order valence-electron chi connectivity index (χ4n) is 0. The minimum Gasteiger partial charge on any atom is -0.369 e. The van der Waals surface area contributed by atoms with Gasteiger partial charge in [0.15, 0.2) is 0 Å². The average Bonchev–Trinajstić information content (AvgIpc) is 1.25. The van der Waals surface area contributed by atoms with Crippen LogP contribution in [0.25, 0.3) is 0 Å². The van der Waals surface area contributed by atoms with Crippen LogP contribution in [0.15, 0.2) is 0 Å². The van der Waals surface area contributed by atoms with Crippen LogP contribution in [0.3, 0.4) is 0 Å². The summed E-state index contributed by atoms with van der Waals surface area (Å²) >= 11 is 0. The van der Waals surface area contributed by atoms with Crippen molar-refractivity contribution in [3.63, 3.8) is 0 Å². The van der Waals surface area contributed by atoms with Crippen LogP contribution in [-0.2, 0) is 0 Å². The monoisotopic (exact) mass is 140 g/mol. The molecule has 0 aliphatic heterocycles. The van der Waals surface area contributed by atoms with Crippen molar-refractivity contribution in [1.82, 2.24) is 6.15 Å². The molecule has 2 amide bonds. The van der Waals surface area contributed by atoms with Crippen LogP contribution in [0.5, 0.6) is 0 Å². The van der Waals surface area contributed by atoms with Gasteiger partial charge in [0, 0.05) is 0 Å². The van der Waals surface area contributed by atoms with E-state index in [-0.39, 0.29) is 6.15 Å². The molecule has 0 aliphatic rings. The predicted octanol–water partition coefficient (Wildman–Crippen LogP) is -0.839. The first kappa shape index (κ1) is 15.7. The number of rotatable bonds is 0. The molecule has 8 N–H and O–H groups in total. The van der Waals surface area contributed by atoms with E-state index in [2.05, 4.69) is 11.5 Å². The molecule has 0 heterocycles. The van der Waals surface area contributed by atoms with Crippen molar-refractivity contribution in [2.45, 2.75) is 0 Å². The van der Waals surface area contributed by atoms with Crippen LogP contribution < -0.4 is 17.6 Å². The van der Waals surface area contributed by atoms with Crippen molar-refractivity contribution in [3.05, 3.63) is 15.3 Å². The molecule has 0 fully saturated rings. The third-order valence-electron chi connectivity index (χ3n) is 0. The Morgan fingerprint density at radius 3 is 1.33 bits per heavy atom. The maximum absolute atomic E-state index is 9.00. The van der Waals surface area contributed by atoms with Gasteiger partial charge in [-0.15, -0.1) is 0 Å². The van der Waals surface area contributed by atoms with Crippen molar-refractivity contribution in [1.29, 1.82) is 0 Å². The van der Waals surface area contributed by atoms with E-state index in [0.29, 0.717) is 0 Å². The number of amides is 2. The van der Waals surface area contributed by atoms with E-state index in [1.807, 2.05) is 0 Å². The minimum absolute atomic E-state index is 0. The summed E-state index contributed by atoms with van der Waals surface area (Å²) in [5, 5.41) is 14.8. The summed E-state index contributed by atoms with van der Waals surface area (Å²) in [4.78, 5) is 17.2. The smallest absolute Gasteiger partial charge is 0.309 e. The Balaban J connectivity index is -0.0000000720. The van der Waals surface area contributed by atoms with E-state index in [1.54, 1.807) is 0 Å². The Kier molecular flexibility index (Phi) is 16.8. The molecule has 0 spiro atoms. The Morgan fingerprint density at radius 1 is 1.33 bits per heavy atom. The number of urea groups is 1. The first-order chi connectivity index (χ1) is 3.46. The van der Waals surface area contributed by atoms with Gasteiger partial charge in [-0.2, -0.15) is 0 Å². The summed E-state index contributed by atoms with van der Waals surface area (Å²) < 4.78 is 0. The number of nitrogens with zero attached hydrogens (tertiary/aromatic N) is 1. The van der Waals surface area contributed by atoms with Gasteiger partial charge in [-0.1, -0.05) is 0 Å². The van der Waals surface area contributed by atoms with Gasteiger partial charge in [0.1, 0.15) is 0 Å². The SMILES string of the molecule is NC(N)=O.O=[N+]([O-])[O-].[NH4+]. The molecule has 0 radical (unpaired) electrons. The molecule has 0 aromatic carbocycles. The Bertz CT molecular complexity index is 70.6. The third kappa shape index (κ3) is 51.2. The first-order valence-electron chi connectivity index (χ1n) is 1.33. The molecule has 0 unspecified atom stereocenters. The highest BCUT2D eigenvalue weighted by Crippen LogP contribution is 1.44. The molecule has 0 saturated heterocycles. The molecule has 0 aliphatic carbocycles. The van der Waals surface area contributed by atoms with Gasteiger partial charge in [0.25, 0.3) is 0 Å². The number of carbonyl (C=O) groups excluding carboxylic acids is 1. The maximum atomic E-state index is 9.00. The van der Waals surface area contributed by atoms with Gasteiger partial charge in [0.2, 0.25) is 0 Å². The van der Waals surface area contributed by atoms with Crippen molar-refractivity contribution in [2.24, 2.45) is 11.5 Å². The van der Waals surface area contributed by atoms with E-state index >= 15 is 0 Å². The Labute approximate surface area is 50.1 Å². The molecule has 0 bridgehead atoms. The fraction of sp³-hybridized carbons (Fsp3) is 0. The zero-order valence-electron chi connectivity index (χ0n) is 4.73. The van der Waals surface area contributed by atoms with Gasteiger partial charge in [-0.25, -0.2) is 4.79 Å². The Hall–Kier alpha value is -1.57. The molecule has 8 nitrogen and oxygen atoms in total. The largest absolute Gasteiger partial charge is 0.369 e.